The summed E-state index contributed by atoms with van der Waals surface area (Å²) in [5.41, 5.74) is 0.606. The molecular weight excluding hydrogens is 204 g/mol. The van der Waals surface area contributed by atoms with Crippen LogP contribution in [0.25, 0.3) is 0 Å². The lowest BCUT2D eigenvalue weighted by Crippen LogP contribution is -2.63. The monoisotopic (exact) mass is 220 g/mol. The van der Waals surface area contributed by atoms with Gasteiger partial charge in [-0.05, 0) is 25.5 Å². The topological polar surface area (TPSA) is 53.4 Å². The second kappa shape index (κ2) is 3.87. The Hall–Kier alpha value is -1.42. The van der Waals surface area contributed by atoms with Gasteiger partial charge in [-0.2, -0.15) is 0 Å². The van der Waals surface area contributed by atoms with Crippen molar-refractivity contribution in [2.45, 2.75) is 25.9 Å². The lowest BCUT2D eigenvalue weighted by atomic mass is 9.91. The maximum Gasteiger partial charge on any atom is 0.272 e. The van der Waals surface area contributed by atoms with Gasteiger partial charge in [-0.25, -0.2) is 4.98 Å². The number of nitrogens with zero attached hydrogens (tertiary/aromatic N) is 2. The molecule has 4 heteroatoms. The second-order valence-electron chi connectivity index (χ2n) is 4.40. The van der Waals surface area contributed by atoms with Gasteiger partial charge in [0.2, 0.25) is 0 Å². The standard InChI is InChI=1S/C12H16N2O2/c1-3-12(16)7-14(8-12)11(15)10-6-4-5-9(2)13-10/h4-6,16H,3,7-8H2,1-2H3. The zero-order valence-electron chi connectivity index (χ0n) is 9.60. The van der Waals surface area contributed by atoms with Crippen LogP contribution in [0.5, 0.6) is 0 Å². The quantitative estimate of drug-likeness (QED) is 0.808. The molecule has 0 aliphatic carbocycles. The molecule has 1 aromatic heterocycles. The van der Waals surface area contributed by atoms with Gasteiger partial charge >= 0.3 is 0 Å². The smallest absolute Gasteiger partial charge is 0.272 e. The van der Waals surface area contributed by atoms with Crippen LogP contribution in [0.15, 0.2) is 18.2 Å². The normalized spacial score (nSPS) is 18.1. The third-order valence-electron chi connectivity index (χ3n) is 3.02. The number of hydrogen-bond donors (Lipinski definition) is 1. The molecule has 0 atom stereocenters. The molecular formula is C12H16N2O2. The number of aliphatic hydroxyl groups is 1. The number of aromatic nitrogens is 1. The summed E-state index contributed by atoms with van der Waals surface area (Å²) in [5.74, 6) is -0.0955. The minimum atomic E-state index is -0.681. The first-order valence-corrected chi connectivity index (χ1v) is 5.49. The van der Waals surface area contributed by atoms with E-state index in [4.69, 9.17) is 0 Å². The molecule has 1 aliphatic heterocycles. The molecule has 1 saturated heterocycles. The van der Waals surface area contributed by atoms with Crippen LogP contribution >= 0.6 is 0 Å². The molecule has 86 valence electrons. The van der Waals surface area contributed by atoms with Crippen molar-refractivity contribution in [2.75, 3.05) is 13.1 Å². The molecule has 16 heavy (non-hydrogen) atoms. The van der Waals surface area contributed by atoms with E-state index in [1.165, 1.54) is 0 Å². The number of rotatable bonds is 2. The van der Waals surface area contributed by atoms with E-state index >= 15 is 0 Å². The lowest BCUT2D eigenvalue weighted by molar-refractivity contribution is -0.0828. The average molecular weight is 220 g/mol. The first-order chi connectivity index (χ1) is 7.54. The van der Waals surface area contributed by atoms with E-state index in [0.717, 1.165) is 5.69 Å². The van der Waals surface area contributed by atoms with Crippen molar-refractivity contribution >= 4 is 5.91 Å². The number of amides is 1. The lowest BCUT2D eigenvalue weighted by Gasteiger charge is -2.45. The third-order valence-corrected chi connectivity index (χ3v) is 3.02. The van der Waals surface area contributed by atoms with E-state index in [0.29, 0.717) is 25.2 Å². The molecule has 2 rings (SSSR count). The third kappa shape index (κ3) is 1.93. The van der Waals surface area contributed by atoms with Crippen molar-refractivity contribution in [2.24, 2.45) is 0 Å². The Morgan fingerprint density at radius 1 is 1.56 bits per heavy atom. The number of aryl methyl sites for hydroxylation is 1. The number of β-amino-alcohol motifs (C(OH)–C–C–N with tert-alkyl or cyclic N) is 1. The van der Waals surface area contributed by atoms with Crippen molar-refractivity contribution in [3.8, 4) is 0 Å². The number of likely N-dealkylation sites (tertiary alicyclic amines) is 1. The zero-order chi connectivity index (χ0) is 11.8. The molecule has 1 fully saturated rings. The first kappa shape index (κ1) is 11.1. The van der Waals surface area contributed by atoms with Crippen LogP contribution in [-0.2, 0) is 0 Å². The summed E-state index contributed by atoms with van der Waals surface area (Å²) in [6.45, 7) is 4.61. The SMILES string of the molecule is CCC1(O)CN(C(=O)c2cccc(C)n2)C1. The van der Waals surface area contributed by atoms with Crippen LogP contribution in [0.1, 0.15) is 29.5 Å². The van der Waals surface area contributed by atoms with Gasteiger partial charge in [0.15, 0.2) is 0 Å². The van der Waals surface area contributed by atoms with E-state index in [1.54, 1.807) is 11.0 Å². The van der Waals surface area contributed by atoms with Gasteiger partial charge in [0, 0.05) is 5.69 Å². The number of carbonyl (C=O) groups excluding carboxylic acids is 1. The molecule has 0 unspecified atom stereocenters. The van der Waals surface area contributed by atoms with Crippen LogP contribution in [0.3, 0.4) is 0 Å². The predicted octanol–water partition coefficient (Wildman–Crippen LogP) is 0.987. The van der Waals surface area contributed by atoms with Crippen LogP contribution in [-0.4, -0.2) is 39.6 Å². The van der Waals surface area contributed by atoms with Gasteiger partial charge in [-0.1, -0.05) is 13.0 Å². The Morgan fingerprint density at radius 3 is 2.81 bits per heavy atom. The van der Waals surface area contributed by atoms with Crippen LogP contribution in [0.2, 0.25) is 0 Å². The molecule has 1 N–H and O–H groups in total. The maximum atomic E-state index is 11.9. The summed E-state index contributed by atoms with van der Waals surface area (Å²) in [5, 5.41) is 9.83. The predicted molar refractivity (Wildman–Crippen MR) is 60.1 cm³/mol. The molecule has 0 radical (unpaired) electrons. The highest BCUT2D eigenvalue weighted by Gasteiger charge is 2.42. The van der Waals surface area contributed by atoms with Gasteiger partial charge < -0.3 is 10.0 Å². The van der Waals surface area contributed by atoms with Crippen LogP contribution in [0, 0.1) is 6.92 Å². The van der Waals surface area contributed by atoms with E-state index < -0.39 is 5.60 Å². The van der Waals surface area contributed by atoms with Crippen LogP contribution in [0.4, 0.5) is 0 Å². The average Bonchev–Trinajstić information content (AvgIpc) is 2.24. The molecule has 0 spiro atoms. The fourth-order valence-electron chi connectivity index (χ4n) is 1.86. The highest BCUT2D eigenvalue weighted by atomic mass is 16.3. The molecule has 1 amide bonds. The summed E-state index contributed by atoms with van der Waals surface area (Å²) in [6.07, 6.45) is 0.679. The fraction of sp³-hybridized carbons (Fsp3) is 0.500. The van der Waals surface area contributed by atoms with Gasteiger partial charge in [0.05, 0.1) is 18.7 Å². The van der Waals surface area contributed by atoms with E-state index in [1.807, 2.05) is 26.0 Å². The summed E-state index contributed by atoms with van der Waals surface area (Å²) < 4.78 is 0. The molecule has 1 aliphatic rings. The van der Waals surface area contributed by atoms with E-state index in [2.05, 4.69) is 4.98 Å². The van der Waals surface area contributed by atoms with E-state index in [-0.39, 0.29) is 5.91 Å². The molecule has 0 saturated carbocycles. The number of carbonyl (C=O) groups is 1. The van der Waals surface area contributed by atoms with Crippen LogP contribution < -0.4 is 0 Å². The van der Waals surface area contributed by atoms with Gasteiger partial charge in [-0.3, -0.25) is 4.79 Å². The van der Waals surface area contributed by atoms with Gasteiger partial charge in [0.25, 0.3) is 5.91 Å². The number of hydrogen-bond acceptors (Lipinski definition) is 3. The highest BCUT2D eigenvalue weighted by molar-refractivity contribution is 5.93. The summed E-state index contributed by atoms with van der Waals surface area (Å²) >= 11 is 0. The first-order valence-electron chi connectivity index (χ1n) is 5.49. The molecule has 0 aromatic carbocycles. The minimum Gasteiger partial charge on any atom is -0.386 e. The van der Waals surface area contributed by atoms with Gasteiger partial charge in [-0.15, -0.1) is 0 Å². The van der Waals surface area contributed by atoms with E-state index in [9.17, 15) is 9.90 Å². The highest BCUT2D eigenvalue weighted by Crippen LogP contribution is 2.25. The molecule has 4 nitrogen and oxygen atoms in total. The minimum absolute atomic E-state index is 0.0955. The largest absolute Gasteiger partial charge is 0.386 e. The Morgan fingerprint density at radius 2 is 2.25 bits per heavy atom. The summed E-state index contributed by atoms with van der Waals surface area (Å²) in [6, 6.07) is 5.38. The molecule has 0 bridgehead atoms. The van der Waals surface area contributed by atoms with Crippen molar-refractivity contribution in [1.82, 2.24) is 9.88 Å². The second-order valence-corrected chi connectivity index (χ2v) is 4.40. The molecule has 1 aromatic rings. The summed E-state index contributed by atoms with van der Waals surface area (Å²) in [7, 11) is 0. The van der Waals surface area contributed by atoms with Crippen molar-refractivity contribution in [3.63, 3.8) is 0 Å². The van der Waals surface area contributed by atoms with Crippen molar-refractivity contribution in [1.29, 1.82) is 0 Å². The Bertz CT molecular complexity index is 411. The van der Waals surface area contributed by atoms with Gasteiger partial charge in [0.1, 0.15) is 5.69 Å². The number of pyridine rings is 1. The van der Waals surface area contributed by atoms with Crippen molar-refractivity contribution in [3.05, 3.63) is 29.6 Å². The maximum absolute atomic E-state index is 11.9. The van der Waals surface area contributed by atoms with Crippen molar-refractivity contribution < 1.29 is 9.90 Å². The fourth-order valence-corrected chi connectivity index (χ4v) is 1.86. The Balaban J connectivity index is 2.06. The Kier molecular flexibility index (Phi) is 2.68. The Labute approximate surface area is 94.9 Å². The zero-order valence-corrected chi connectivity index (χ0v) is 9.60. The molecule has 2 heterocycles. The summed E-state index contributed by atoms with van der Waals surface area (Å²) in [4.78, 5) is 17.7.